The lowest BCUT2D eigenvalue weighted by Crippen LogP contribution is -2.33. The number of rotatable bonds is 3. The van der Waals surface area contributed by atoms with Crippen LogP contribution in [0.1, 0.15) is 50.2 Å². The molecule has 0 saturated carbocycles. The summed E-state index contributed by atoms with van der Waals surface area (Å²) in [6.45, 7) is 4.54. The standard InChI is InChI=1S/C18H25FN2/c1-2-17-8-4-3-5-12-21(17)14-15-9-10-18(19)16(13-15)7-6-11-20/h9-10,13,17H,2-5,8,11-12,14,20H2,1H3. The predicted molar refractivity (Wildman–Crippen MR) is 85.3 cm³/mol. The van der Waals surface area contributed by atoms with Gasteiger partial charge >= 0.3 is 0 Å². The summed E-state index contributed by atoms with van der Waals surface area (Å²) >= 11 is 0. The molecule has 114 valence electrons. The Morgan fingerprint density at radius 2 is 2.19 bits per heavy atom. The molecule has 1 atom stereocenters. The van der Waals surface area contributed by atoms with Gasteiger partial charge in [-0.2, -0.15) is 0 Å². The van der Waals surface area contributed by atoms with Crippen LogP contribution in [0.5, 0.6) is 0 Å². The van der Waals surface area contributed by atoms with Crippen LogP contribution in [-0.2, 0) is 6.54 Å². The van der Waals surface area contributed by atoms with Crippen LogP contribution in [0.3, 0.4) is 0 Å². The Labute approximate surface area is 127 Å². The molecule has 0 aliphatic carbocycles. The van der Waals surface area contributed by atoms with Gasteiger partial charge in [0.1, 0.15) is 5.82 Å². The van der Waals surface area contributed by atoms with E-state index in [-0.39, 0.29) is 12.4 Å². The molecule has 1 aromatic rings. The van der Waals surface area contributed by atoms with Gasteiger partial charge in [-0.1, -0.05) is 37.7 Å². The van der Waals surface area contributed by atoms with Gasteiger partial charge in [0, 0.05) is 12.6 Å². The van der Waals surface area contributed by atoms with Crippen LogP contribution in [0, 0.1) is 17.7 Å². The first kappa shape index (κ1) is 16.0. The minimum absolute atomic E-state index is 0.258. The Kier molecular flexibility index (Phi) is 6.22. The van der Waals surface area contributed by atoms with Crippen molar-refractivity contribution in [1.82, 2.24) is 4.90 Å². The topological polar surface area (TPSA) is 29.3 Å². The molecule has 3 heteroatoms. The van der Waals surface area contributed by atoms with E-state index >= 15 is 0 Å². The van der Waals surface area contributed by atoms with E-state index in [4.69, 9.17) is 5.73 Å². The van der Waals surface area contributed by atoms with Crippen LogP contribution >= 0.6 is 0 Å². The second kappa shape index (κ2) is 8.17. The molecule has 0 aromatic heterocycles. The number of nitrogens with zero attached hydrogens (tertiary/aromatic N) is 1. The molecule has 2 rings (SSSR count). The number of halogens is 1. The summed E-state index contributed by atoms with van der Waals surface area (Å²) in [7, 11) is 0. The molecule has 21 heavy (non-hydrogen) atoms. The van der Waals surface area contributed by atoms with Gasteiger partial charge in [0.05, 0.1) is 12.1 Å². The maximum Gasteiger partial charge on any atom is 0.138 e. The Morgan fingerprint density at radius 1 is 1.33 bits per heavy atom. The van der Waals surface area contributed by atoms with Crippen LogP contribution < -0.4 is 5.73 Å². The summed E-state index contributed by atoms with van der Waals surface area (Å²) in [4.78, 5) is 2.54. The summed E-state index contributed by atoms with van der Waals surface area (Å²) < 4.78 is 13.7. The molecule has 1 aliphatic rings. The normalized spacial score (nSPS) is 19.7. The fraction of sp³-hybridized carbons (Fsp3) is 0.556. The maximum absolute atomic E-state index is 13.7. The van der Waals surface area contributed by atoms with E-state index in [1.165, 1.54) is 38.2 Å². The highest BCUT2D eigenvalue weighted by Gasteiger charge is 2.19. The van der Waals surface area contributed by atoms with Crippen LogP contribution in [0.15, 0.2) is 18.2 Å². The summed E-state index contributed by atoms with van der Waals surface area (Å²) in [5.74, 6) is 5.29. The quantitative estimate of drug-likeness (QED) is 0.865. The first-order chi connectivity index (χ1) is 10.2. The second-order valence-electron chi connectivity index (χ2n) is 5.70. The molecular formula is C18H25FN2. The monoisotopic (exact) mass is 288 g/mol. The molecule has 1 fully saturated rings. The number of hydrogen-bond donors (Lipinski definition) is 1. The van der Waals surface area contributed by atoms with Gasteiger partial charge in [0.2, 0.25) is 0 Å². The van der Waals surface area contributed by atoms with E-state index < -0.39 is 0 Å². The van der Waals surface area contributed by atoms with Crippen molar-refractivity contribution in [2.75, 3.05) is 13.1 Å². The lowest BCUT2D eigenvalue weighted by Gasteiger charge is -2.29. The molecule has 1 saturated heterocycles. The first-order valence-electron chi connectivity index (χ1n) is 7.96. The van der Waals surface area contributed by atoms with E-state index in [2.05, 4.69) is 23.7 Å². The van der Waals surface area contributed by atoms with Crippen molar-refractivity contribution >= 4 is 0 Å². The fourth-order valence-electron chi connectivity index (χ4n) is 3.05. The van der Waals surface area contributed by atoms with Crippen molar-refractivity contribution in [1.29, 1.82) is 0 Å². The van der Waals surface area contributed by atoms with Crippen LogP contribution in [0.2, 0.25) is 0 Å². The smallest absolute Gasteiger partial charge is 0.138 e. The summed E-state index contributed by atoms with van der Waals surface area (Å²) in [5.41, 5.74) is 6.96. The molecule has 0 amide bonds. The van der Waals surface area contributed by atoms with Crippen molar-refractivity contribution < 1.29 is 4.39 Å². The number of benzene rings is 1. The van der Waals surface area contributed by atoms with E-state index in [1.54, 1.807) is 0 Å². The third-order valence-corrected chi connectivity index (χ3v) is 4.21. The third kappa shape index (κ3) is 4.56. The molecule has 0 radical (unpaired) electrons. The average molecular weight is 288 g/mol. The maximum atomic E-state index is 13.7. The molecule has 1 aliphatic heterocycles. The van der Waals surface area contributed by atoms with Gasteiger partial charge in [-0.05, 0) is 43.5 Å². The van der Waals surface area contributed by atoms with E-state index in [0.717, 1.165) is 18.7 Å². The molecule has 2 N–H and O–H groups in total. The molecule has 1 unspecified atom stereocenters. The van der Waals surface area contributed by atoms with Gasteiger partial charge in [-0.25, -0.2) is 4.39 Å². The van der Waals surface area contributed by atoms with Gasteiger partial charge in [-0.3, -0.25) is 4.90 Å². The van der Waals surface area contributed by atoms with Crippen molar-refractivity contribution in [2.24, 2.45) is 5.73 Å². The predicted octanol–water partition coefficient (Wildman–Crippen LogP) is 3.29. The highest BCUT2D eigenvalue weighted by Crippen LogP contribution is 2.22. The Morgan fingerprint density at radius 3 is 2.95 bits per heavy atom. The highest BCUT2D eigenvalue weighted by molar-refractivity contribution is 5.38. The highest BCUT2D eigenvalue weighted by atomic mass is 19.1. The van der Waals surface area contributed by atoms with Gasteiger partial charge in [0.25, 0.3) is 0 Å². The number of likely N-dealkylation sites (tertiary alicyclic amines) is 1. The van der Waals surface area contributed by atoms with Gasteiger partial charge in [-0.15, -0.1) is 0 Å². The van der Waals surface area contributed by atoms with Gasteiger partial charge in [0.15, 0.2) is 0 Å². The molecule has 0 bridgehead atoms. The molecule has 1 heterocycles. The van der Waals surface area contributed by atoms with Crippen LogP contribution in [0.25, 0.3) is 0 Å². The van der Waals surface area contributed by atoms with Crippen molar-refractivity contribution in [3.8, 4) is 11.8 Å². The van der Waals surface area contributed by atoms with Crippen LogP contribution in [0.4, 0.5) is 4.39 Å². The Balaban J connectivity index is 2.14. The van der Waals surface area contributed by atoms with Crippen molar-refractivity contribution in [2.45, 2.75) is 51.6 Å². The molecular weight excluding hydrogens is 263 g/mol. The average Bonchev–Trinajstić information content (AvgIpc) is 2.72. The minimum Gasteiger partial charge on any atom is -0.320 e. The zero-order valence-corrected chi connectivity index (χ0v) is 12.9. The van der Waals surface area contributed by atoms with E-state index in [9.17, 15) is 4.39 Å². The van der Waals surface area contributed by atoms with E-state index in [1.807, 2.05) is 12.1 Å². The number of nitrogens with two attached hydrogens (primary N) is 1. The zero-order valence-electron chi connectivity index (χ0n) is 12.9. The van der Waals surface area contributed by atoms with Gasteiger partial charge < -0.3 is 5.73 Å². The van der Waals surface area contributed by atoms with Crippen molar-refractivity contribution in [3.05, 3.63) is 35.1 Å². The summed E-state index contributed by atoms with van der Waals surface area (Å²) in [6.07, 6.45) is 6.37. The Hall–Kier alpha value is -1.37. The van der Waals surface area contributed by atoms with Crippen LogP contribution in [-0.4, -0.2) is 24.0 Å². The zero-order chi connectivity index (χ0) is 15.1. The summed E-state index contributed by atoms with van der Waals surface area (Å²) in [6, 6.07) is 5.92. The minimum atomic E-state index is -0.261. The fourth-order valence-corrected chi connectivity index (χ4v) is 3.05. The Bertz CT molecular complexity index is 516. The molecule has 1 aromatic carbocycles. The van der Waals surface area contributed by atoms with Crippen molar-refractivity contribution in [3.63, 3.8) is 0 Å². The lowest BCUT2D eigenvalue weighted by atomic mass is 10.1. The lowest BCUT2D eigenvalue weighted by molar-refractivity contribution is 0.186. The third-order valence-electron chi connectivity index (χ3n) is 4.21. The second-order valence-corrected chi connectivity index (χ2v) is 5.70. The largest absolute Gasteiger partial charge is 0.320 e. The summed E-state index contributed by atoms with van der Waals surface area (Å²) in [5, 5.41) is 0. The first-order valence-corrected chi connectivity index (χ1v) is 7.96. The number of hydrogen-bond acceptors (Lipinski definition) is 2. The van der Waals surface area contributed by atoms with E-state index in [0.29, 0.717) is 11.6 Å². The molecule has 0 spiro atoms. The SMILES string of the molecule is CCC1CCCCCN1Cc1ccc(F)c(C#CCN)c1. The molecule has 2 nitrogen and oxygen atoms in total.